The third-order valence-corrected chi connectivity index (χ3v) is 5.97. The number of fused-ring (bicyclic) bond motifs is 1. The molecule has 4 aromatic rings. The number of Topliss-reactive ketones (excluding diaryl/α,β-unsaturated/α-hetero) is 1. The number of carbonyl (C=O) groups excluding carboxylic acids is 1. The zero-order chi connectivity index (χ0) is 21.2. The number of halogens is 1. The van der Waals surface area contributed by atoms with Crippen LogP contribution in [-0.4, -0.2) is 5.78 Å². The molecule has 0 spiro atoms. The summed E-state index contributed by atoms with van der Waals surface area (Å²) in [6.07, 6.45) is 2.18. The molecule has 0 unspecified atom stereocenters. The van der Waals surface area contributed by atoms with Crippen molar-refractivity contribution in [3.63, 3.8) is 0 Å². The lowest BCUT2D eigenvalue weighted by molar-refractivity contribution is 0.0952. The Labute approximate surface area is 181 Å². The lowest BCUT2D eigenvalue weighted by Crippen LogP contribution is -2.24. The van der Waals surface area contributed by atoms with Crippen molar-refractivity contribution in [1.29, 1.82) is 0 Å². The molecule has 4 aromatic carbocycles. The van der Waals surface area contributed by atoms with Gasteiger partial charge in [0.25, 0.3) is 0 Å². The van der Waals surface area contributed by atoms with Crippen LogP contribution < -0.4 is 0 Å². The molecule has 0 amide bonds. The van der Waals surface area contributed by atoms with Crippen LogP contribution in [0.2, 0.25) is 0 Å². The number of carbonyl (C=O) groups is 1. The van der Waals surface area contributed by atoms with Crippen molar-refractivity contribution in [2.45, 2.75) is 11.8 Å². The van der Waals surface area contributed by atoms with Crippen LogP contribution in [0.15, 0.2) is 115 Å². The van der Waals surface area contributed by atoms with E-state index in [2.05, 4.69) is 24.3 Å². The fourth-order valence-electron chi connectivity index (χ4n) is 4.50. The first-order chi connectivity index (χ1) is 15.2. The molecule has 1 aliphatic carbocycles. The van der Waals surface area contributed by atoms with E-state index in [4.69, 9.17) is 0 Å². The predicted molar refractivity (Wildman–Crippen MR) is 123 cm³/mol. The number of hydrogen-bond donors (Lipinski definition) is 0. The van der Waals surface area contributed by atoms with Gasteiger partial charge in [-0.05, 0) is 40.0 Å². The van der Waals surface area contributed by atoms with Crippen molar-refractivity contribution < 1.29 is 9.18 Å². The molecule has 31 heavy (non-hydrogen) atoms. The molecule has 150 valence electrons. The summed E-state index contributed by atoms with van der Waals surface area (Å²) >= 11 is 0. The Hall–Kier alpha value is -3.78. The Kier molecular flexibility index (Phi) is 5.05. The minimum absolute atomic E-state index is 0.0748. The van der Waals surface area contributed by atoms with Gasteiger partial charge in [-0.1, -0.05) is 103 Å². The summed E-state index contributed by atoms with van der Waals surface area (Å²) in [6, 6.07) is 34.3. The van der Waals surface area contributed by atoms with Crippen LogP contribution in [-0.2, 0) is 0 Å². The molecule has 2 heteroatoms. The minimum atomic E-state index is -0.378. The second-order valence-corrected chi connectivity index (χ2v) is 7.82. The van der Waals surface area contributed by atoms with E-state index in [1.165, 1.54) is 12.1 Å². The van der Waals surface area contributed by atoms with Gasteiger partial charge in [-0.2, -0.15) is 0 Å². The summed E-state index contributed by atoms with van der Waals surface area (Å²) in [4.78, 5) is 13.8. The first kappa shape index (κ1) is 19.2. The van der Waals surface area contributed by atoms with E-state index < -0.39 is 0 Å². The molecule has 5 rings (SSSR count). The van der Waals surface area contributed by atoms with Gasteiger partial charge in [0.15, 0.2) is 5.78 Å². The first-order valence-corrected chi connectivity index (χ1v) is 10.4. The molecule has 0 fully saturated rings. The summed E-state index contributed by atoms with van der Waals surface area (Å²) in [5.41, 5.74) is 5.90. The van der Waals surface area contributed by atoms with E-state index in [1.807, 2.05) is 66.7 Å². The molecule has 0 aliphatic heterocycles. The SMILES string of the molecule is O=C(c1ccccc1)[C@@H]1c2ccccc2C(c2ccccc2)=C[C@H]1c1ccc(F)cc1. The van der Waals surface area contributed by atoms with E-state index >= 15 is 0 Å². The molecule has 2 atom stereocenters. The van der Waals surface area contributed by atoms with E-state index in [0.717, 1.165) is 27.8 Å². The van der Waals surface area contributed by atoms with Gasteiger partial charge in [-0.3, -0.25) is 4.79 Å². The van der Waals surface area contributed by atoms with Crippen molar-refractivity contribution in [3.8, 4) is 0 Å². The van der Waals surface area contributed by atoms with Crippen LogP contribution in [0.25, 0.3) is 5.57 Å². The van der Waals surface area contributed by atoms with Crippen molar-refractivity contribution >= 4 is 11.4 Å². The molecule has 0 aromatic heterocycles. The molecule has 0 heterocycles. The highest BCUT2D eigenvalue weighted by atomic mass is 19.1. The number of allylic oxidation sites excluding steroid dienone is 1. The monoisotopic (exact) mass is 404 g/mol. The summed E-state index contributed by atoms with van der Waals surface area (Å²) in [5.74, 6) is -0.779. The Morgan fingerprint density at radius 1 is 0.677 bits per heavy atom. The summed E-state index contributed by atoms with van der Waals surface area (Å²) < 4.78 is 13.7. The third kappa shape index (κ3) is 3.62. The Balaban J connectivity index is 1.73. The van der Waals surface area contributed by atoms with Gasteiger partial charge in [0.05, 0.1) is 5.92 Å². The number of ketones is 1. The molecule has 0 saturated carbocycles. The summed E-state index contributed by atoms with van der Waals surface area (Å²) in [5, 5.41) is 0. The van der Waals surface area contributed by atoms with Crippen molar-refractivity contribution in [1.82, 2.24) is 0 Å². The van der Waals surface area contributed by atoms with Gasteiger partial charge in [0, 0.05) is 11.5 Å². The average Bonchev–Trinajstić information content (AvgIpc) is 2.84. The van der Waals surface area contributed by atoms with Gasteiger partial charge >= 0.3 is 0 Å². The maximum atomic E-state index is 13.8. The van der Waals surface area contributed by atoms with Gasteiger partial charge in [-0.15, -0.1) is 0 Å². The third-order valence-electron chi connectivity index (χ3n) is 5.97. The highest BCUT2D eigenvalue weighted by Gasteiger charge is 2.36. The second kappa shape index (κ2) is 8.16. The fourth-order valence-corrected chi connectivity index (χ4v) is 4.50. The molecule has 0 saturated heterocycles. The standard InChI is InChI=1S/C29H21FO/c30-23-17-15-21(16-18-23)27-19-26(20-9-3-1-4-10-20)24-13-7-8-14-25(24)28(27)29(31)22-11-5-2-6-12-22/h1-19,27-28H/t27-,28+/m0/s1. The lowest BCUT2D eigenvalue weighted by atomic mass is 9.69. The summed E-state index contributed by atoms with van der Waals surface area (Å²) in [7, 11) is 0. The molecule has 1 nitrogen and oxygen atoms in total. The zero-order valence-electron chi connectivity index (χ0n) is 16.9. The van der Waals surface area contributed by atoms with E-state index in [-0.39, 0.29) is 23.4 Å². The van der Waals surface area contributed by atoms with Crippen LogP contribution in [0.5, 0.6) is 0 Å². The summed E-state index contributed by atoms with van der Waals surface area (Å²) in [6.45, 7) is 0. The lowest BCUT2D eigenvalue weighted by Gasteiger charge is -2.32. The van der Waals surface area contributed by atoms with Crippen LogP contribution >= 0.6 is 0 Å². The minimum Gasteiger partial charge on any atom is -0.293 e. The van der Waals surface area contributed by atoms with Crippen molar-refractivity contribution in [2.75, 3.05) is 0 Å². The Morgan fingerprint density at radius 2 is 1.29 bits per heavy atom. The number of rotatable bonds is 4. The Bertz CT molecular complexity index is 1240. The van der Waals surface area contributed by atoms with E-state index in [1.54, 1.807) is 12.1 Å². The smallest absolute Gasteiger partial charge is 0.171 e. The highest BCUT2D eigenvalue weighted by Crippen LogP contribution is 2.46. The predicted octanol–water partition coefficient (Wildman–Crippen LogP) is 7.02. The molecule has 0 radical (unpaired) electrons. The topological polar surface area (TPSA) is 17.1 Å². The number of benzene rings is 4. The van der Waals surface area contributed by atoms with Gasteiger partial charge in [0.2, 0.25) is 0 Å². The molecular weight excluding hydrogens is 383 g/mol. The fraction of sp³-hybridized carbons (Fsp3) is 0.0690. The largest absolute Gasteiger partial charge is 0.293 e. The van der Waals surface area contributed by atoms with Crippen LogP contribution in [0.1, 0.15) is 44.4 Å². The van der Waals surface area contributed by atoms with Crippen LogP contribution in [0.4, 0.5) is 4.39 Å². The molecule has 0 bridgehead atoms. The van der Waals surface area contributed by atoms with Gasteiger partial charge < -0.3 is 0 Å². The maximum absolute atomic E-state index is 13.8. The van der Waals surface area contributed by atoms with Gasteiger partial charge in [0.1, 0.15) is 5.82 Å². The van der Waals surface area contributed by atoms with Crippen LogP contribution in [0, 0.1) is 5.82 Å². The maximum Gasteiger partial charge on any atom is 0.171 e. The normalized spacial score (nSPS) is 17.5. The van der Waals surface area contributed by atoms with E-state index in [9.17, 15) is 9.18 Å². The zero-order valence-corrected chi connectivity index (χ0v) is 16.9. The number of hydrogen-bond acceptors (Lipinski definition) is 1. The molecule has 0 N–H and O–H groups in total. The second-order valence-electron chi connectivity index (χ2n) is 7.82. The average molecular weight is 404 g/mol. The van der Waals surface area contributed by atoms with Crippen LogP contribution in [0.3, 0.4) is 0 Å². The van der Waals surface area contributed by atoms with Crippen molar-refractivity contribution in [2.24, 2.45) is 0 Å². The first-order valence-electron chi connectivity index (χ1n) is 10.4. The van der Waals surface area contributed by atoms with Crippen molar-refractivity contribution in [3.05, 3.63) is 149 Å². The molecule has 1 aliphatic rings. The van der Waals surface area contributed by atoms with Gasteiger partial charge in [-0.25, -0.2) is 4.39 Å². The highest BCUT2D eigenvalue weighted by molar-refractivity contribution is 6.04. The van der Waals surface area contributed by atoms with E-state index in [0.29, 0.717) is 5.56 Å². The quantitative estimate of drug-likeness (QED) is 0.334. The molecular formula is C29H21FO. The Morgan fingerprint density at radius 3 is 2.00 bits per heavy atom.